The molecule has 0 radical (unpaired) electrons. The topological polar surface area (TPSA) is 146 Å². The van der Waals surface area contributed by atoms with E-state index in [2.05, 4.69) is 14.4 Å². The zero-order valence-corrected chi connectivity index (χ0v) is 24.1. The molecule has 1 saturated carbocycles. The minimum Gasteiger partial charge on any atom is -0.351 e. The van der Waals surface area contributed by atoms with E-state index in [9.17, 15) is 16.8 Å². The first kappa shape index (κ1) is 28.5. The maximum atomic E-state index is 13.3. The molecule has 0 unspecified atom stereocenters. The SMILES string of the molecule is NS(=O)(=O)N[C@H]1C[C@@H](N/C(=N\S(=O)(=O)c2ccc(Cl)cc2)N2C[C@@H](c3ccccc3)C(c3ccc(Cl)cc3)=N2)C1. The van der Waals surface area contributed by atoms with Gasteiger partial charge in [0.1, 0.15) is 0 Å². The summed E-state index contributed by atoms with van der Waals surface area (Å²) in [6, 6.07) is 22.1. The van der Waals surface area contributed by atoms with Crippen LogP contribution in [0.1, 0.15) is 29.9 Å². The Labute approximate surface area is 243 Å². The van der Waals surface area contributed by atoms with Gasteiger partial charge in [0.2, 0.25) is 5.96 Å². The van der Waals surface area contributed by atoms with Gasteiger partial charge >= 0.3 is 0 Å². The van der Waals surface area contributed by atoms with Crippen LogP contribution in [-0.2, 0) is 20.2 Å². The third-order valence-electron chi connectivity index (χ3n) is 6.62. The molecular weight excluding hydrogens is 595 g/mol. The monoisotopic (exact) mass is 620 g/mol. The molecule has 1 heterocycles. The van der Waals surface area contributed by atoms with E-state index < -0.39 is 20.2 Å². The van der Waals surface area contributed by atoms with E-state index in [4.69, 9.17) is 33.4 Å². The van der Waals surface area contributed by atoms with Crippen LogP contribution in [0.15, 0.2) is 93.3 Å². The lowest BCUT2D eigenvalue weighted by Crippen LogP contribution is -2.56. The van der Waals surface area contributed by atoms with Gasteiger partial charge in [-0.05, 0) is 60.4 Å². The van der Waals surface area contributed by atoms with Crippen molar-refractivity contribution in [2.75, 3.05) is 6.54 Å². The van der Waals surface area contributed by atoms with Gasteiger partial charge in [-0.3, -0.25) is 0 Å². The predicted molar refractivity (Wildman–Crippen MR) is 156 cm³/mol. The van der Waals surface area contributed by atoms with Crippen LogP contribution in [0.5, 0.6) is 0 Å². The smallest absolute Gasteiger partial charge is 0.285 e. The Balaban J connectivity index is 1.51. The van der Waals surface area contributed by atoms with E-state index >= 15 is 0 Å². The van der Waals surface area contributed by atoms with E-state index in [1.165, 1.54) is 29.3 Å². The van der Waals surface area contributed by atoms with Crippen LogP contribution in [-0.4, -0.2) is 52.1 Å². The maximum absolute atomic E-state index is 13.3. The average Bonchev–Trinajstić information content (AvgIpc) is 3.33. The fourth-order valence-electron chi connectivity index (χ4n) is 4.63. The van der Waals surface area contributed by atoms with Gasteiger partial charge in [-0.15, -0.1) is 4.40 Å². The molecule has 210 valence electrons. The van der Waals surface area contributed by atoms with E-state index in [-0.39, 0.29) is 28.9 Å². The van der Waals surface area contributed by atoms with Gasteiger partial charge in [-0.1, -0.05) is 65.7 Å². The van der Waals surface area contributed by atoms with Crippen LogP contribution in [0.25, 0.3) is 0 Å². The number of nitrogens with two attached hydrogens (primary N) is 1. The summed E-state index contributed by atoms with van der Waals surface area (Å²) in [5, 5.41) is 15.6. The van der Waals surface area contributed by atoms with Crippen LogP contribution in [0.4, 0.5) is 0 Å². The molecule has 1 atom stereocenters. The molecule has 1 aliphatic carbocycles. The molecular formula is C26H26Cl2N6O4S2. The summed E-state index contributed by atoms with van der Waals surface area (Å²) in [7, 11) is -8.00. The van der Waals surface area contributed by atoms with Crippen molar-refractivity contribution in [1.82, 2.24) is 15.0 Å². The first-order valence-corrected chi connectivity index (χ1v) is 16.0. The van der Waals surface area contributed by atoms with Gasteiger partial charge in [-0.25, -0.2) is 10.1 Å². The maximum Gasteiger partial charge on any atom is 0.285 e. The number of nitrogens with one attached hydrogen (secondary N) is 2. The summed E-state index contributed by atoms with van der Waals surface area (Å²) in [6.45, 7) is 0.315. The van der Waals surface area contributed by atoms with Gasteiger partial charge < -0.3 is 5.32 Å². The van der Waals surface area contributed by atoms with Crippen LogP contribution in [0, 0.1) is 0 Å². The molecule has 14 heteroatoms. The molecule has 0 amide bonds. The van der Waals surface area contributed by atoms with Crippen molar-refractivity contribution >= 4 is 55.1 Å². The highest BCUT2D eigenvalue weighted by atomic mass is 35.5. The Morgan fingerprint density at radius 2 is 1.48 bits per heavy atom. The Kier molecular flexibility index (Phi) is 8.18. The van der Waals surface area contributed by atoms with Gasteiger partial charge in [0, 0.05) is 28.0 Å². The van der Waals surface area contributed by atoms with E-state index in [0.29, 0.717) is 29.4 Å². The Morgan fingerprint density at radius 3 is 2.08 bits per heavy atom. The number of halogens is 2. The van der Waals surface area contributed by atoms with Crippen molar-refractivity contribution < 1.29 is 16.8 Å². The van der Waals surface area contributed by atoms with Gasteiger partial charge in [0.15, 0.2) is 0 Å². The second-order valence-electron chi connectivity index (χ2n) is 9.55. The fraction of sp³-hybridized carbons (Fsp3) is 0.231. The van der Waals surface area contributed by atoms with Gasteiger partial charge in [-0.2, -0.15) is 26.7 Å². The zero-order valence-electron chi connectivity index (χ0n) is 21.0. The van der Waals surface area contributed by atoms with E-state index in [1.54, 1.807) is 12.1 Å². The Hall–Kier alpha value is -3.00. The molecule has 1 aliphatic heterocycles. The number of hydrogen-bond acceptors (Lipinski definition) is 5. The largest absolute Gasteiger partial charge is 0.351 e. The molecule has 3 aromatic rings. The fourth-order valence-corrected chi connectivity index (χ4v) is 6.50. The molecule has 1 fully saturated rings. The third-order valence-corrected chi connectivity index (χ3v) is 9.07. The number of hydrogen-bond donors (Lipinski definition) is 3. The minimum atomic E-state index is -4.15. The molecule has 0 bridgehead atoms. The molecule has 5 rings (SSSR count). The lowest BCUT2D eigenvalue weighted by molar-refractivity contribution is 0.292. The summed E-state index contributed by atoms with van der Waals surface area (Å²) < 4.78 is 56.0. The second-order valence-corrected chi connectivity index (χ2v) is 13.4. The first-order valence-electron chi connectivity index (χ1n) is 12.3. The van der Waals surface area contributed by atoms with Crippen molar-refractivity contribution in [3.8, 4) is 0 Å². The number of rotatable bonds is 7. The highest BCUT2D eigenvalue weighted by Gasteiger charge is 2.37. The van der Waals surface area contributed by atoms with Gasteiger partial charge in [0.25, 0.3) is 20.2 Å². The van der Waals surface area contributed by atoms with Gasteiger partial charge in [0.05, 0.1) is 17.2 Å². The van der Waals surface area contributed by atoms with Crippen LogP contribution in [0.2, 0.25) is 10.0 Å². The summed E-state index contributed by atoms with van der Waals surface area (Å²) in [5.41, 5.74) is 2.56. The average molecular weight is 622 g/mol. The Morgan fingerprint density at radius 1 is 0.875 bits per heavy atom. The number of benzene rings is 3. The summed E-state index contributed by atoms with van der Waals surface area (Å²) in [6.07, 6.45) is 0.778. The van der Waals surface area contributed by atoms with Crippen molar-refractivity contribution in [2.24, 2.45) is 14.6 Å². The molecule has 4 N–H and O–H groups in total. The zero-order chi connectivity index (χ0) is 28.5. The summed E-state index contributed by atoms with van der Waals surface area (Å²) in [4.78, 5) is -0.0284. The second kappa shape index (κ2) is 11.5. The van der Waals surface area contributed by atoms with Crippen LogP contribution >= 0.6 is 23.2 Å². The van der Waals surface area contributed by atoms with Crippen molar-refractivity contribution in [3.05, 3.63) is 100 Å². The summed E-state index contributed by atoms with van der Waals surface area (Å²) >= 11 is 12.1. The number of nitrogens with zero attached hydrogens (tertiary/aromatic N) is 3. The molecule has 40 heavy (non-hydrogen) atoms. The predicted octanol–water partition coefficient (Wildman–Crippen LogP) is 3.46. The molecule has 10 nitrogen and oxygen atoms in total. The lowest BCUT2D eigenvalue weighted by Gasteiger charge is -2.37. The standard InChI is InChI=1S/C26H26Cl2N6O4S2/c27-19-8-6-18(7-9-19)25-24(17-4-2-1-3-5-17)16-34(31-25)26(30-21-14-22(15-21)32-40(29,37)38)33-39(35,36)23-12-10-20(28)11-13-23/h1-13,21-22,24,32H,14-16H2,(H,30,33)(H2,29,37,38)/t21-,22+,24-/m0/s1. The molecule has 0 saturated heterocycles. The lowest BCUT2D eigenvalue weighted by atomic mass is 9.88. The number of sulfonamides is 1. The Bertz CT molecular complexity index is 1640. The molecule has 3 aromatic carbocycles. The first-order chi connectivity index (χ1) is 19.0. The summed E-state index contributed by atoms with van der Waals surface area (Å²) in [5.74, 6) is -0.162. The van der Waals surface area contributed by atoms with E-state index in [0.717, 1.165) is 16.8 Å². The van der Waals surface area contributed by atoms with Crippen molar-refractivity contribution in [2.45, 2.75) is 35.7 Å². The van der Waals surface area contributed by atoms with Crippen molar-refractivity contribution in [1.29, 1.82) is 0 Å². The number of hydrazone groups is 1. The number of guanidine groups is 1. The molecule has 0 spiro atoms. The highest BCUT2D eigenvalue weighted by Crippen LogP contribution is 2.30. The van der Waals surface area contributed by atoms with Crippen LogP contribution in [0.3, 0.4) is 0 Å². The highest BCUT2D eigenvalue weighted by molar-refractivity contribution is 7.90. The molecule has 2 aliphatic rings. The normalized spacial score (nSPS) is 21.6. The van der Waals surface area contributed by atoms with Crippen molar-refractivity contribution in [3.63, 3.8) is 0 Å². The quantitative estimate of drug-likeness (QED) is 0.272. The van der Waals surface area contributed by atoms with E-state index in [1.807, 2.05) is 42.5 Å². The third kappa shape index (κ3) is 6.82. The molecule has 0 aromatic heterocycles. The van der Waals surface area contributed by atoms with Crippen LogP contribution < -0.4 is 15.2 Å². The minimum absolute atomic E-state index is 0.0268.